The van der Waals surface area contributed by atoms with Crippen LogP contribution in [0.25, 0.3) is 0 Å². The molecule has 0 saturated heterocycles. The van der Waals surface area contributed by atoms with Gasteiger partial charge in [-0.1, -0.05) is 0 Å². The van der Waals surface area contributed by atoms with Gasteiger partial charge < -0.3 is 9.88 Å². The van der Waals surface area contributed by atoms with Crippen molar-refractivity contribution in [3.8, 4) is 6.07 Å². The lowest BCUT2D eigenvalue weighted by molar-refractivity contribution is -0.116. The van der Waals surface area contributed by atoms with Gasteiger partial charge in [0, 0.05) is 37.7 Å². The van der Waals surface area contributed by atoms with Gasteiger partial charge in [0.25, 0.3) is 0 Å². The van der Waals surface area contributed by atoms with E-state index in [0.29, 0.717) is 22.6 Å². The maximum absolute atomic E-state index is 12.6. The summed E-state index contributed by atoms with van der Waals surface area (Å²) in [5.41, 5.74) is 1.17. The first-order valence-corrected chi connectivity index (χ1v) is 10.5. The van der Waals surface area contributed by atoms with Crippen molar-refractivity contribution in [2.45, 2.75) is 4.90 Å². The first-order valence-electron chi connectivity index (χ1n) is 9.11. The molecule has 10 heteroatoms. The van der Waals surface area contributed by atoms with Gasteiger partial charge in [-0.3, -0.25) is 9.59 Å². The van der Waals surface area contributed by atoms with Gasteiger partial charge >= 0.3 is 0 Å². The lowest BCUT2D eigenvalue weighted by Crippen LogP contribution is -2.34. The Hall–Kier alpha value is -3.81. The Morgan fingerprint density at radius 2 is 1.77 bits per heavy atom. The SMILES string of the molecule is CN(CC(=O)Nc1ccc(C(=O)c2nccn2C)cc1)S(=O)(=O)c1ccc(C#N)cc1. The summed E-state index contributed by atoms with van der Waals surface area (Å²) in [6.07, 6.45) is 3.20. The van der Waals surface area contributed by atoms with Crippen molar-refractivity contribution in [2.75, 3.05) is 18.9 Å². The molecule has 0 radical (unpaired) electrons. The number of sulfonamides is 1. The number of aromatic nitrogens is 2. The minimum Gasteiger partial charge on any atom is -0.331 e. The summed E-state index contributed by atoms with van der Waals surface area (Å²) in [5.74, 6) is -0.493. The number of benzene rings is 2. The first-order chi connectivity index (χ1) is 14.7. The molecule has 0 bridgehead atoms. The van der Waals surface area contributed by atoms with Crippen LogP contribution < -0.4 is 5.32 Å². The molecule has 2 aromatic carbocycles. The number of rotatable bonds is 7. The Morgan fingerprint density at radius 3 is 2.32 bits per heavy atom. The number of hydrogen-bond donors (Lipinski definition) is 1. The third-order valence-electron chi connectivity index (χ3n) is 4.51. The third kappa shape index (κ3) is 4.85. The summed E-state index contributed by atoms with van der Waals surface area (Å²) < 4.78 is 27.7. The van der Waals surface area contributed by atoms with E-state index in [9.17, 15) is 18.0 Å². The highest BCUT2D eigenvalue weighted by Crippen LogP contribution is 2.16. The molecule has 9 nitrogen and oxygen atoms in total. The molecular weight excluding hydrogens is 418 g/mol. The molecule has 3 aromatic rings. The number of hydrogen-bond acceptors (Lipinski definition) is 6. The van der Waals surface area contributed by atoms with Gasteiger partial charge in [0.05, 0.1) is 23.1 Å². The Morgan fingerprint density at radius 1 is 1.13 bits per heavy atom. The largest absolute Gasteiger partial charge is 0.331 e. The van der Waals surface area contributed by atoms with Crippen molar-refractivity contribution in [2.24, 2.45) is 7.05 Å². The van der Waals surface area contributed by atoms with Gasteiger partial charge in [-0.2, -0.15) is 9.57 Å². The van der Waals surface area contributed by atoms with E-state index in [1.54, 1.807) is 42.1 Å². The molecule has 0 aliphatic rings. The van der Waals surface area contributed by atoms with Crippen LogP contribution >= 0.6 is 0 Å². The number of ketones is 1. The van der Waals surface area contributed by atoms with Crippen LogP contribution in [-0.2, 0) is 21.9 Å². The molecule has 3 rings (SSSR count). The molecule has 1 heterocycles. The van der Waals surface area contributed by atoms with Crippen LogP contribution in [0, 0.1) is 11.3 Å². The standard InChI is InChI=1S/C21H19N5O4S/c1-25-12-11-23-21(25)20(28)16-5-7-17(8-6-16)24-19(27)14-26(2)31(29,30)18-9-3-15(13-22)4-10-18/h3-12H,14H2,1-2H3,(H,24,27). The van der Waals surface area contributed by atoms with E-state index in [2.05, 4.69) is 10.3 Å². The highest BCUT2D eigenvalue weighted by atomic mass is 32.2. The minimum atomic E-state index is -3.89. The molecule has 1 amide bonds. The van der Waals surface area contributed by atoms with Gasteiger partial charge in [0.15, 0.2) is 5.82 Å². The smallest absolute Gasteiger partial charge is 0.243 e. The van der Waals surface area contributed by atoms with Crippen molar-refractivity contribution < 1.29 is 18.0 Å². The van der Waals surface area contributed by atoms with Gasteiger partial charge in [0.1, 0.15) is 0 Å². The molecule has 0 fully saturated rings. The zero-order chi connectivity index (χ0) is 22.6. The fourth-order valence-electron chi connectivity index (χ4n) is 2.79. The highest BCUT2D eigenvalue weighted by molar-refractivity contribution is 7.89. The van der Waals surface area contributed by atoms with E-state index >= 15 is 0 Å². The summed E-state index contributed by atoms with van der Waals surface area (Å²) >= 11 is 0. The number of amides is 1. The second-order valence-corrected chi connectivity index (χ2v) is 8.76. The number of anilines is 1. The zero-order valence-electron chi connectivity index (χ0n) is 16.8. The topological polar surface area (TPSA) is 125 Å². The van der Waals surface area contributed by atoms with E-state index in [4.69, 9.17) is 5.26 Å². The van der Waals surface area contributed by atoms with Crippen LogP contribution in [0.5, 0.6) is 0 Å². The Labute approximate surface area is 179 Å². The van der Waals surface area contributed by atoms with E-state index in [-0.39, 0.29) is 10.7 Å². The van der Waals surface area contributed by atoms with E-state index in [1.807, 2.05) is 6.07 Å². The molecule has 0 aliphatic heterocycles. The summed E-state index contributed by atoms with van der Waals surface area (Å²) in [7, 11) is -0.876. The maximum Gasteiger partial charge on any atom is 0.243 e. The summed E-state index contributed by atoms with van der Waals surface area (Å²) in [5, 5.41) is 11.4. The summed E-state index contributed by atoms with van der Waals surface area (Å²) in [6.45, 7) is -0.406. The Kier molecular flexibility index (Phi) is 6.29. The average Bonchev–Trinajstić information content (AvgIpc) is 3.19. The molecule has 1 aromatic heterocycles. The van der Waals surface area contributed by atoms with E-state index in [1.165, 1.54) is 37.5 Å². The minimum absolute atomic E-state index is 0.0149. The molecule has 0 spiro atoms. The van der Waals surface area contributed by atoms with Crippen LogP contribution in [-0.4, -0.2) is 47.6 Å². The Balaban J connectivity index is 1.64. The van der Waals surface area contributed by atoms with Crippen LogP contribution in [0.2, 0.25) is 0 Å². The molecule has 31 heavy (non-hydrogen) atoms. The maximum atomic E-state index is 12.6. The van der Waals surface area contributed by atoms with Gasteiger partial charge in [-0.25, -0.2) is 13.4 Å². The summed E-state index contributed by atoms with van der Waals surface area (Å²) in [4.78, 5) is 28.7. The van der Waals surface area contributed by atoms with Crippen LogP contribution in [0.3, 0.4) is 0 Å². The monoisotopic (exact) mass is 437 g/mol. The zero-order valence-corrected chi connectivity index (χ0v) is 17.6. The molecule has 1 N–H and O–H groups in total. The van der Waals surface area contributed by atoms with Crippen LogP contribution in [0.1, 0.15) is 21.7 Å². The fraction of sp³-hybridized carbons (Fsp3) is 0.143. The second kappa shape index (κ2) is 8.91. The highest BCUT2D eigenvalue weighted by Gasteiger charge is 2.23. The predicted octanol–water partition coefficient (Wildman–Crippen LogP) is 1.78. The number of nitrogens with one attached hydrogen (secondary N) is 1. The molecule has 0 atom stereocenters. The van der Waals surface area contributed by atoms with Crippen molar-refractivity contribution in [1.29, 1.82) is 5.26 Å². The fourth-order valence-corrected chi connectivity index (χ4v) is 3.91. The molecular formula is C21H19N5O4S. The average molecular weight is 437 g/mol. The third-order valence-corrected chi connectivity index (χ3v) is 6.33. The van der Waals surface area contributed by atoms with Crippen molar-refractivity contribution in [3.05, 3.63) is 77.9 Å². The second-order valence-electron chi connectivity index (χ2n) is 6.71. The lowest BCUT2D eigenvalue weighted by atomic mass is 10.1. The quantitative estimate of drug-likeness (QED) is 0.562. The first kappa shape index (κ1) is 21.9. The number of nitriles is 1. The van der Waals surface area contributed by atoms with Crippen molar-refractivity contribution >= 4 is 27.4 Å². The normalized spacial score (nSPS) is 11.2. The van der Waals surface area contributed by atoms with Crippen molar-refractivity contribution in [1.82, 2.24) is 13.9 Å². The van der Waals surface area contributed by atoms with Gasteiger partial charge in [-0.05, 0) is 48.5 Å². The molecule has 0 unspecified atom stereocenters. The number of carbonyl (C=O) groups is 2. The van der Waals surface area contributed by atoms with Gasteiger partial charge in [-0.15, -0.1) is 0 Å². The number of carbonyl (C=O) groups excluding carboxylic acids is 2. The summed E-state index contributed by atoms with van der Waals surface area (Å²) in [6, 6.07) is 13.6. The van der Waals surface area contributed by atoms with Crippen molar-refractivity contribution in [3.63, 3.8) is 0 Å². The number of imidazole rings is 1. The van der Waals surface area contributed by atoms with E-state index < -0.39 is 22.5 Å². The van der Waals surface area contributed by atoms with E-state index in [0.717, 1.165) is 4.31 Å². The Bertz CT molecular complexity index is 1260. The number of aryl methyl sites for hydroxylation is 1. The predicted molar refractivity (Wildman–Crippen MR) is 113 cm³/mol. The lowest BCUT2D eigenvalue weighted by Gasteiger charge is -2.17. The number of likely N-dealkylation sites (N-methyl/N-ethyl adjacent to an activating group) is 1. The molecule has 158 valence electrons. The van der Waals surface area contributed by atoms with Crippen LogP contribution in [0.15, 0.2) is 65.8 Å². The molecule has 0 saturated carbocycles. The van der Waals surface area contributed by atoms with Crippen LogP contribution in [0.4, 0.5) is 5.69 Å². The number of nitrogens with zero attached hydrogens (tertiary/aromatic N) is 4. The van der Waals surface area contributed by atoms with Gasteiger partial charge in [0.2, 0.25) is 21.7 Å². The molecule has 0 aliphatic carbocycles.